The van der Waals surface area contributed by atoms with Crippen LogP contribution >= 0.6 is 0 Å². The van der Waals surface area contributed by atoms with Gasteiger partial charge in [-0.2, -0.15) is 0 Å². The Morgan fingerprint density at radius 3 is 2.94 bits per heavy atom. The number of anilines is 3. The molecular weight excluding hydrogens is 234 g/mol. The molecule has 6 heteroatoms. The number of carbonyl (C=O) groups is 1. The van der Waals surface area contributed by atoms with E-state index in [1.165, 1.54) is 0 Å². The van der Waals surface area contributed by atoms with Crippen LogP contribution < -0.4 is 16.4 Å². The van der Waals surface area contributed by atoms with Gasteiger partial charge in [-0.05, 0) is 24.1 Å². The largest absolute Gasteiger partial charge is 0.397 e. The Kier molecular flexibility index (Phi) is 3.69. The number of amides is 1. The summed E-state index contributed by atoms with van der Waals surface area (Å²) in [5, 5.41) is 23.8. The number of nitrogen functional groups attached to an aromatic ring is 1. The summed E-state index contributed by atoms with van der Waals surface area (Å²) in [5.41, 5.74) is 8.83. The first kappa shape index (κ1) is 12.7. The number of nitrogens with one attached hydrogen (secondary N) is 2. The van der Waals surface area contributed by atoms with Gasteiger partial charge >= 0.3 is 0 Å². The van der Waals surface area contributed by atoms with Crippen LogP contribution in [0.15, 0.2) is 12.1 Å². The summed E-state index contributed by atoms with van der Waals surface area (Å²) in [6.07, 6.45) is 0.328. The molecule has 1 unspecified atom stereocenters. The summed E-state index contributed by atoms with van der Waals surface area (Å²) >= 11 is 0. The minimum Gasteiger partial charge on any atom is -0.397 e. The van der Waals surface area contributed by atoms with Crippen LogP contribution in [0.2, 0.25) is 0 Å². The van der Waals surface area contributed by atoms with E-state index in [4.69, 9.17) is 10.8 Å². The second kappa shape index (κ2) is 5.24. The molecule has 1 amide bonds. The van der Waals surface area contributed by atoms with E-state index in [0.29, 0.717) is 24.2 Å². The van der Waals surface area contributed by atoms with Crippen molar-refractivity contribution in [3.8, 4) is 0 Å². The second-order valence-electron chi connectivity index (χ2n) is 4.36. The van der Waals surface area contributed by atoms with Gasteiger partial charge in [0.2, 0.25) is 5.91 Å². The quantitative estimate of drug-likeness (QED) is 0.481. The lowest BCUT2D eigenvalue weighted by Gasteiger charge is -2.20. The average Bonchev–Trinajstić information content (AvgIpc) is 2.35. The summed E-state index contributed by atoms with van der Waals surface area (Å²) < 4.78 is 0. The van der Waals surface area contributed by atoms with Crippen molar-refractivity contribution >= 4 is 23.0 Å². The number of fused-ring (bicyclic) bond motifs is 1. The molecule has 0 bridgehead atoms. The van der Waals surface area contributed by atoms with Crippen LogP contribution in [0.25, 0.3) is 0 Å². The molecule has 0 fully saturated rings. The summed E-state index contributed by atoms with van der Waals surface area (Å²) in [5.74, 6) is -0.00156. The van der Waals surface area contributed by atoms with Crippen molar-refractivity contribution in [3.63, 3.8) is 0 Å². The van der Waals surface area contributed by atoms with E-state index in [0.717, 1.165) is 11.3 Å². The van der Waals surface area contributed by atoms with E-state index >= 15 is 0 Å². The van der Waals surface area contributed by atoms with Gasteiger partial charge in [0.25, 0.3) is 0 Å². The maximum atomic E-state index is 11.2. The number of carbonyl (C=O) groups excluding carboxylic acids is 1. The lowest BCUT2D eigenvalue weighted by Crippen LogP contribution is -2.24. The third-order valence-electron chi connectivity index (χ3n) is 2.91. The van der Waals surface area contributed by atoms with Crippen LogP contribution in [0.4, 0.5) is 17.1 Å². The summed E-state index contributed by atoms with van der Waals surface area (Å²) in [6, 6.07) is 3.58. The number of aryl methyl sites for hydroxylation is 1. The van der Waals surface area contributed by atoms with Gasteiger partial charge in [0.05, 0.1) is 24.1 Å². The topological polar surface area (TPSA) is 108 Å². The molecule has 0 saturated heterocycles. The van der Waals surface area contributed by atoms with Gasteiger partial charge in [0, 0.05) is 18.7 Å². The normalized spacial score (nSPS) is 15.8. The fourth-order valence-corrected chi connectivity index (χ4v) is 1.89. The predicted octanol–water partition coefficient (Wildman–Crippen LogP) is -0.0814. The van der Waals surface area contributed by atoms with Crippen molar-refractivity contribution < 1.29 is 15.0 Å². The molecule has 18 heavy (non-hydrogen) atoms. The monoisotopic (exact) mass is 251 g/mol. The first-order valence-corrected chi connectivity index (χ1v) is 5.85. The van der Waals surface area contributed by atoms with E-state index in [-0.39, 0.29) is 19.1 Å². The number of benzene rings is 1. The Labute approximate surface area is 105 Å². The van der Waals surface area contributed by atoms with Crippen LogP contribution in [0.1, 0.15) is 12.0 Å². The number of aliphatic hydroxyl groups excluding tert-OH is 2. The highest BCUT2D eigenvalue weighted by Crippen LogP contribution is 2.30. The Hall–Kier alpha value is -1.79. The highest BCUT2D eigenvalue weighted by molar-refractivity contribution is 5.95. The van der Waals surface area contributed by atoms with Gasteiger partial charge in [0.15, 0.2) is 0 Å². The molecule has 1 aliphatic heterocycles. The van der Waals surface area contributed by atoms with E-state index in [9.17, 15) is 9.90 Å². The van der Waals surface area contributed by atoms with Crippen LogP contribution in [0.5, 0.6) is 0 Å². The highest BCUT2D eigenvalue weighted by Gasteiger charge is 2.16. The van der Waals surface area contributed by atoms with Crippen LogP contribution in [0.3, 0.4) is 0 Å². The standard InChI is InChI=1S/C12H17N3O3/c13-9-4-10-7(1-2-12(18)15-10)3-11(9)14-5-8(17)6-16/h3-4,8,14,16-17H,1-2,5-6,13H2,(H,15,18). The average molecular weight is 251 g/mol. The van der Waals surface area contributed by atoms with Crippen molar-refractivity contribution in [1.29, 1.82) is 0 Å². The molecule has 1 heterocycles. The molecule has 1 aliphatic rings. The van der Waals surface area contributed by atoms with E-state index in [2.05, 4.69) is 10.6 Å². The van der Waals surface area contributed by atoms with Gasteiger partial charge in [0.1, 0.15) is 0 Å². The number of nitrogens with two attached hydrogens (primary N) is 1. The fourth-order valence-electron chi connectivity index (χ4n) is 1.89. The van der Waals surface area contributed by atoms with E-state index < -0.39 is 6.10 Å². The maximum absolute atomic E-state index is 11.2. The van der Waals surface area contributed by atoms with Crippen LogP contribution in [-0.2, 0) is 11.2 Å². The van der Waals surface area contributed by atoms with Gasteiger partial charge in [-0.3, -0.25) is 4.79 Å². The summed E-state index contributed by atoms with van der Waals surface area (Å²) in [6.45, 7) is -0.0697. The Balaban J connectivity index is 2.15. The van der Waals surface area contributed by atoms with Crippen LogP contribution in [0, 0.1) is 0 Å². The van der Waals surface area contributed by atoms with E-state index in [1.54, 1.807) is 6.07 Å². The van der Waals surface area contributed by atoms with Gasteiger partial charge in [-0.1, -0.05) is 0 Å². The maximum Gasteiger partial charge on any atom is 0.224 e. The molecule has 0 aliphatic carbocycles. The summed E-state index contributed by atoms with van der Waals surface area (Å²) in [4.78, 5) is 11.2. The number of hydrogen-bond donors (Lipinski definition) is 5. The first-order valence-electron chi connectivity index (χ1n) is 5.85. The predicted molar refractivity (Wildman–Crippen MR) is 69.4 cm³/mol. The molecule has 0 spiro atoms. The van der Waals surface area contributed by atoms with Crippen molar-refractivity contribution in [2.24, 2.45) is 0 Å². The minimum absolute atomic E-state index is 0.00156. The molecule has 1 atom stereocenters. The van der Waals surface area contributed by atoms with Crippen molar-refractivity contribution in [1.82, 2.24) is 0 Å². The minimum atomic E-state index is -0.819. The van der Waals surface area contributed by atoms with Gasteiger partial charge in [-0.15, -0.1) is 0 Å². The van der Waals surface area contributed by atoms with Gasteiger partial charge in [-0.25, -0.2) is 0 Å². The zero-order chi connectivity index (χ0) is 13.1. The van der Waals surface area contributed by atoms with Crippen LogP contribution in [-0.4, -0.2) is 35.4 Å². The number of aliphatic hydroxyl groups is 2. The zero-order valence-electron chi connectivity index (χ0n) is 9.94. The Morgan fingerprint density at radius 1 is 1.44 bits per heavy atom. The molecule has 0 aromatic heterocycles. The molecule has 6 nitrogen and oxygen atoms in total. The molecule has 1 aromatic rings. The third-order valence-corrected chi connectivity index (χ3v) is 2.91. The third kappa shape index (κ3) is 2.72. The summed E-state index contributed by atoms with van der Waals surface area (Å²) in [7, 11) is 0. The van der Waals surface area contributed by atoms with Gasteiger partial charge < -0.3 is 26.6 Å². The van der Waals surface area contributed by atoms with Crippen molar-refractivity contribution in [2.45, 2.75) is 18.9 Å². The van der Waals surface area contributed by atoms with E-state index in [1.807, 2.05) is 6.07 Å². The number of rotatable bonds is 4. The Morgan fingerprint density at radius 2 is 2.22 bits per heavy atom. The SMILES string of the molecule is Nc1cc2c(cc1NCC(O)CO)CCC(=O)N2. The molecule has 6 N–H and O–H groups in total. The molecule has 2 rings (SSSR count). The molecule has 98 valence electrons. The lowest BCUT2D eigenvalue weighted by atomic mass is 10.0. The fraction of sp³-hybridized carbons (Fsp3) is 0.417. The van der Waals surface area contributed by atoms with Crippen molar-refractivity contribution in [3.05, 3.63) is 17.7 Å². The Bertz CT molecular complexity index is 462. The zero-order valence-corrected chi connectivity index (χ0v) is 9.94. The number of hydrogen-bond acceptors (Lipinski definition) is 5. The molecule has 1 aromatic carbocycles. The second-order valence-corrected chi connectivity index (χ2v) is 4.36. The first-order chi connectivity index (χ1) is 8.60. The smallest absolute Gasteiger partial charge is 0.224 e. The molecule has 0 radical (unpaired) electrons. The van der Waals surface area contributed by atoms with Crippen molar-refractivity contribution in [2.75, 3.05) is 29.5 Å². The lowest BCUT2D eigenvalue weighted by molar-refractivity contribution is -0.116. The molecule has 0 saturated carbocycles. The molecular formula is C12H17N3O3. The highest BCUT2D eigenvalue weighted by atomic mass is 16.3.